The molecule has 0 spiro atoms. The Kier molecular flexibility index (Phi) is 4.10. The Morgan fingerprint density at radius 2 is 2.16 bits per heavy atom. The number of phenolic OH excluding ortho intramolecular Hbond substituents is 1. The number of hydrogen-bond donors (Lipinski definition) is 3. The Balaban J connectivity index is 1.94. The second-order valence-electron chi connectivity index (χ2n) is 4.06. The molecule has 0 radical (unpaired) electrons. The largest absolute Gasteiger partial charge is 0.508 e. The van der Waals surface area contributed by atoms with Crippen LogP contribution in [-0.2, 0) is 0 Å². The quantitative estimate of drug-likeness (QED) is 0.770. The number of amides is 1. The minimum absolute atomic E-state index is 0.0666. The highest BCUT2D eigenvalue weighted by Gasteiger charge is 2.11. The third-order valence-electron chi connectivity index (χ3n) is 2.63. The van der Waals surface area contributed by atoms with E-state index in [1.165, 1.54) is 18.3 Å². The molecule has 0 aliphatic rings. The SMILES string of the molecule is O=C(NCC(O)c1cccc(O)c1)c1cccnc1. The fourth-order valence-corrected chi connectivity index (χ4v) is 1.64. The minimum atomic E-state index is -0.868. The van der Waals surface area contributed by atoms with E-state index in [-0.39, 0.29) is 18.2 Å². The van der Waals surface area contributed by atoms with Crippen LogP contribution in [0, 0.1) is 0 Å². The molecule has 0 aliphatic carbocycles. The summed E-state index contributed by atoms with van der Waals surface area (Å²) >= 11 is 0. The molecule has 3 N–H and O–H groups in total. The summed E-state index contributed by atoms with van der Waals surface area (Å²) < 4.78 is 0. The van der Waals surface area contributed by atoms with Crippen molar-refractivity contribution < 1.29 is 15.0 Å². The van der Waals surface area contributed by atoms with Gasteiger partial charge in [-0.3, -0.25) is 9.78 Å². The summed E-state index contributed by atoms with van der Waals surface area (Å²) in [6.07, 6.45) is 2.17. The molecule has 98 valence electrons. The number of aliphatic hydroxyl groups is 1. The number of pyridine rings is 1. The first-order valence-corrected chi connectivity index (χ1v) is 5.82. The lowest BCUT2D eigenvalue weighted by molar-refractivity contribution is 0.0916. The van der Waals surface area contributed by atoms with E-state index in [9.17, 15) is 15.0 Å². The third kappa shape index (κ3) is 3.53. The summed E-state index contributed by atoms with van der Waals surface area (Å²) in [5, 5.41) is 21.8. The van der Waals surface area contributed by atoms with Crippen molar-refractivity contribution in [2.24, 2.45) is 0 Å². The lowest BCUT2D eigenvalue weighted by Gasteiger charge is -2.12. The van der Waals surface area contributed by atoms with Gasteiger partial charge in [-0.15, -0.1) is 0 Å². The lowest BCUT2D eigenvalue weighted by Crippen LogP contribution is -2.28. The van der Waals surface area contributed by atoms with Gasteiger partial charge in [-0.25, -0.2) is 0 Å². The van der Waals surface area contributed by atoms with E-state index in [0.717, 1.165) is 0 Å². The van der Waals surface area contributed by atoms with Gasteiger partial charge in [-0.1, -0.05) is 12.1 Å². The molecule has 2 aromatic rings. The van der Waals surface area contributed by atoms with Crippen molar-refractivity contribution in [3.8, 4) is 5.75 Å². The molecule has 19 heavy (non-hydrogen) atoms. The van der Waals surface area contributed by atoms with Gasteiger partial charge in [0.2, 0.25) is 0 Å². The van der Waals surface area contributed by atoms with Crippen LogP contribution >= 0.6 is 0 Å². The van der Waals surface area contributed by atoms with Gasteiger partial charge in [-0.2, -0.15) is 0 Å². The maximum Gasteiger partial charge on any atom is 0.252 e. The number of rotatable bonds is 4. The van der Waals surface area contributed by atoms with E-state index in [2.05, 4.69) is 10.3 Å². The van der Waals surface area contributed by atoms with Crippen molar-refractivity contribution in [1.29, 1.82) is 0 Å². The number of phenols is 1. The minimum Gasteiger partial charge on any atom is -0.508 e. The number of carbonyl (C=O) groups excluding carboxylic acids is 1. The highest BCUT2D eigenvalue weighted by atomic mass is 16.3. The van der Waals surface area contributed by atoms with Crippen LogP contribution in [0.1, 0.15) is 22.0 Å². The molecule has 0 saturated carbocycles. The number of aromatic hydroxyl groups is 1. The molecule has 0 fully saturated rings. The molecule has 2 rings (SSSR count). The Morgan fingerprint density at radius 3 is 2.84 bits per heavy atom. The smallest absolute Gasteiger partial charge is 0.252 e. The number of nitrogens with one attached hydrogen (secondary N) is 1. The van der Waals surface area contributed by atoms with Crippen molar-refractivity contribution >= 4 is 5.91 Å². The predicted octanol–water partition coefficient (Wildman–Crippen LogP) is 1.25. The fraction of sp³-hybridized carbons (Fsp3) is 0.143. The molecule has 0 saturated heterocycles. The van der Waals surface area contributed by atoms with Crippen LogP contribution in [0.25, 0.3) is 0 Å². The van der Waals surface area contributed by atoms with Gasteiger partial charge >= 0.3 is 0 Å². The first-order chi connectivity index (χ1) is 9.16. The zero-order valence-corrected chi connectivity index (χ0v) is 10.2. The van der Waals surface area contributed by atoms with Gasteiger partial charge in [0.1, 0.15) is 5.75 Å². The first-order valence-electron chi connectivity index (χ1n) is 5.82. The highest BCUT2D eigenvalue weighted by molar-refractivity contribution is 5.93. The normalized spacial score (nSPS) is 11.8. The molecule has 1 aromatic heterocycles. The molecule has 1 aromatic carbocycles. The molecule has 1 amide bonds. The van der Waals surface area contributed by atoms with Crippen molar-refractivity contribution in [2.45, 2.75) is 6.10 Å². The molecule has 0 bridgehead atoms. The second-order valence-corrected chi connectivity index (χ2v) is 4.06. The fourth-order valence-electron chi connectivity index (χ4n) is 1.64. The van der Waals surface area contributed by atoms with Gasteiger partial charge < -0.3 is 15.5 Å². The zero-order chi connectivity index (χ0) is 13.7. The van der Waals surface area contributed by atoms with Crippen LogP contribution in [0.2, 0.25) is 0 Å². The maximum atomic E-state index is 11.7. The van der Waals surface area contributed by atoms with Crippen LogP contribution in [-0.4, -0.2) is 27.6 Å². The van der Waals surface area contributed by atoms with Gasteiger partial charge in [0.15, 0.2) is 0 Å². The van der Waals surface area contributed by atoms with Crippen LogP contribution in [0.4, 0.5) is 0 Å². The molecular weight excluding hydrogens is 244 g/mol. The maximum absolute atomic E-state index is 11.7. The van der Waals surface area contributed by atoms with E-state index in [0.29, 0.717) is 11.1 Å². The van der Waals surface area contributed by atoms with Crippen LogP contribution in [0.15, 0.2) is 48.8 Å². The number of hydrogen-bond acceptors (Lipinski definition) is 4. The lowest BCUT2D eigenvalue weighted by atomic mass is 10.1. The van der Waals surface area contributed by atoms with E-state index < -0.39 is 6.10 Å². The molecule has 1 heterocycles. The van der Waals surface area contributed by atoms with Crippen molar-refractivity contribution in [1.82, 2.24) is 10.3 Å². The van der Waals surface area contributed by atoms with Gasteiger partial charge in [0, 0.05) is 18.9 Å². The van der Waals surface area contributed by atoms with Crippen molar-refractivity contribution in [3.63, 3.8) is 0 Å². The molecule has 1 unspecified atom stereocenters. The number of carbonyl (C=O) groups is 1. The van der Waals surface area contributed by atoms with Crippen LogP contribution in [0.3, 0.4) is 0 Å². The van der Waals surface area contributed by atoms with Gasteiger partial charge in [0.25, 0.3) is 5.91 Å². The second kappa shape index (κ2) is 5.97. The average Bonchev–Trinajstić information content (AvgIpc) is 2.45. The Hall–Kier alpha value is -2.40. The molecule has 0 aliphatic heterocycles. The number of aromatic nitrogens is 1. The monoisotopic (exact) mass is 258 g/mol. The van der Waals surface area contributed by atoms with Crippen molar-refractivity contribution in [2.75, 3.05) is 6.54 Å². The number of benzene rings is 1. The Labute approximate surface area is 110 Å². The van der Waals surface area contributed by atoms with Crippen molar-refractivity contribution in [3.05, 3.63) is 59.9 Å². The van der Waals surface area contributed by atoms with Crippen LogP contribution < -0.4 is 5.32 Å². The predicted molar refractivity (Wildman–Crippen MR) is 69.6 cm³/mol. The summed E-state index contributed by atoms with van der Waals surface area (Å²) in [6.45, 7) is 0.0666. The van der Waals surface area contributed by atoms with Gasteiger partial charge in [-0.05, 0) is 29.8 Å². The zero-order valence-electron chi connectivity index (χ0n) is 10.2. The number of nitrogens with zero attached hydrogens (tertiary/aromatic N) is 1. The standard InChI is InChI=1S/C14H14N2O3/c17-12-5-1-3-10(7-12)13(18)9-16-14(19)11-4-2-6-15-8-11/h1-8,13,17-18H,9H2,(H,16,19). The van der Waals surface area contributed by atoms with Crippen LogP contribution in [0.5, 0.6) is 5.75 Å². The number of aliphatic hydroxyl groups excluding tert-OH is 1. The average molecular weight is 258 g/mol. The van der Waals surface area contributed by atoms with Gasteiger partial charge in [0.05, 0.1) is 11.7 Å². The summed E-state index contributed by atoms with van der Waals surface area (Å²) in [7, 11) is 0. The summed E-state index contributed by atoms with van der Waals surface area (Å²) in [4.78, 5) is 15.6. The molecule has 5 heteroatoms. The Morgan fingerprint density at radius 1 is 1.32 bits per heavy atom. The van der Waals surface area contributed by atoms with E-state index in [4.69, 9.17) is 0 Å². The highest BCUT2D eigenvalue weighted by Crippen LogP contribution is 2.17. The summed E-state index contributed by atoms with van der Waals surface area (Å²) in [6, 6.07) is 9.60. The molecular formula is C14H14N2O3. The van der Waals surface area contributed by atoms with E-state index >= 15 is 0 Å². The summed E-state index contributed by atoms with van der Waals surface area (Å²) in [5.74, 6) is -0.220. The third-order valence-corrected chi connectivity index (χ3v) is 2.63. The Bertz CT molecular complexity index is 558. The first kappa shape index (κ1) is 13.0. The summed E-state index contributed by atoms with van der Waals surface area (Å²) in [5.41, 5.74) is 0.983. The molecule has 5 nitrogen and oxygen atoms in total. The van der Waals surface area contributed by atoms with E-state index in [1.54, 1.807) is 30.5 Å². The van der Waals surface area contributed by atoms with E-state index in [1.807, 2.05) is 0 Å². The topological polar surface area (TPSA) is 82.5 Å². The molecule has 1 atom stereocenters.